The second-order valence-corrected chi connectivity index (χ2v) is 3.96. The van der Waals surface area contributed by atoms with Crippen molar-refractivity contribution in [1.82, 2.24) is 9.97 Å². The highest BCUT2D eigenvalue weighted by Gasteiger charge is 2.07. The summed E-state index contributed by atoms with van der Waals surface area (Å²) in [6, 6.07) is 7.20. The number of benzene rings is 1. The van der Waals surface area contributed by atoms with E-state index in [1.54, 1.807) is 24.1 Å². The number of aromatic nitrogens is 2. The first-order valence-corrected chi connectivity index (χ1v) is 5.30. The normalized spacial score (nSPS) is 10.2. The molecule has 1 heterocycles. The van der Waals surface area contributed by atoms with Crippen molar-refractivity contribution in [2.24, 2.45) is 0 Å². The predicted molar refractivity (Wildman–Crippen MR) is 68.8 cm³/mol. The van der Waals surface area contributed by atoms with E-state index in [0.29, 0.717) is 11.0 Å². The van der Waals surface area contributed by atoms with Gasteiger partial charge in [0.15, 0.2) is 0 Å². The highest BCUT2D eigenvalue weighted by molar-refractivity contribution is 6.30. The van der Waals surface area contributed by atoms with E-state index in [4.69, 9.17) is 17.3 Å². The minimum atomic E-state index is -0.351. The van der Waals surface area contributed by atoms with Crippen molar-refractivity contribution >= 4 is 28.9 Å². The molecule has 5 nitrogen and oxygen atoms in total. The molecule has 0 saturated heterocycles. The fourth-order valence-electron chi connectivity index (χ4n) is 1.35. The van der Waals surface area contributed by atoms with E-state index >= 15 is 0 Å². The maximum absolute atomic E-state index is 11.4. The van der Waals surface area contributed by atoms with Gasteiger partial charge < -0.3 is 10.6 Å². The van der Waals surface area contributed by atoms with Gasteiger partial charge in [0.25, 0.3) is 5.56 Å². The van der Waals surface area contributed by atoms with Crippen molar-refractivity contribution in [1.29, 1.82) is 0 Å². The maximum atomic E-state index is 11.4. The van der Waals surface area contributed by atoms with Gasteiger partial charge in [-0.25, -0.2) is 4.98 Å². The number of nitrogen functional groups attached to an aromatic ring is 1. The molecule has 6 heteroatoms. The first-order chi connectivity index (χ1) is 8.08. The minimum absolute atomic E-state index is 0.0956. The molecule has 0 aliphatic heterocycles. The van der Waals surface area contributed by atoms with Crippen molar-refractivity contribution in [3.05, 3.63) is 45.8 Å². The molecule has 2 rings (SSSR count). The zero-order valence-electron chi connectivity index (χ0n) is 9.14. The summed E-state index contributed by atoms with van der Waals surface area (Å²) in [4.78, 5) is 19.7. The summed E-state index contributed by atoms with van der Waals surface area (Å²) < 4.78 is 0. The summed E-state index contributed by atoms with van der Waals surface area (Å²) in [5.74, 6) is 0.423. The monoisotopic (exact) mass is 250 g/mol. The van der Waals surface area contributed by atoms with Gasteiger partial charge in [-0.05, 0) is 24.3 Å². The molecule has 0 atom stereocenters. The Balaban J connectivity index is 2.36. The molecule has 0 amide bonds. The van der Waals surface area contributed by atoms with Crippen LogP contribution in [0, 0.1) is 0 Å². The van der Waals surface area contributed by atoms with Crippen molar-refractivity contribution in [2.45, 2.75) is 0 Å². The lowest BCUT2D eigenvalue weighted by atomic mass is 10.3. The van der Waals surface area contributed by atoms with Gasteiger partial charge in [-0.2, -0.15) is 0 Å². The molecule has 0 unspecified atom stereocenters. The third-order valence-electron chi connectivity index (χ3n) is 2.35. The van der Waals surface area contributed by atoms with Crippen molar-refractivity contribution in [3.63, 3.8) is 0 Å². The van der Waals surface area contributed by atoms with Gasteiger partial charge in [0.2, 0.25) is 5.95 Å². The molecule has 0 bridgehead atoms. The van der Waals surface area contributed by atoms with Crippen LogP contribution in [0.2, 0.25) is 5.02 Å². The molecule has 0 saturated carbocycles. The number of H-pyrrole nitrogens is 1. The Labute approximate surface area is 103 Å². The van der Waals surface area contributed by atoms with Crippen LogP contribution in [-0.4, -0.2) is 17.0 Å². The summed E-state index contributed by atoms with van der Waals surface area (Å²) in [5, 5.41) is 0.654. The lowest BCUT2D eigenvalue weighted by molar-refractivity contribution is 1.02. The van der Waals surface area contributed by atoms with Crippen LogP contribution in [0.1, 0.15) is 0 Å². The van der Waals surface area contributed by atoms with Crippen molar-refractivity contribution in [2.75, 3.05) is 17.7 Å². The summed E-state index contributed by atoms with van der Waals surface area (Å²) in [7, 11) is 1.79. The van der Waals surface area contributed by atoms with Crippen LogP contribution in [0.3, 0.4) is 0 Å². The number of rotatable bonds is 2. The van der Waals surface area contributed by atoms with Gasteiger partial charge in [0, 0.05) is 17.8 Å². The number of halogens is 1. The lowest BCUT2D eigenvalue weighted by Gasteiger charge is -2.17. The molecule has 0 radical (unpaired) electrons. The van der Waals surface area contributed by atoms with E-state index in [2.05, 4.69) is 9.97 Å². The second-order valence-electron chi connectivity index (χ2n) is 3.53. The highest BCUT2D eigenvalue weighted by atomic mass is 35.5. The Morgan fingerprint density at radius 3 is 2.59 bits per heavy atom. The van der Waals surface area contributed by atoms with Gasteiger partial charge in [0.1, 0.15) is 5.69 Å². The van der Waals surface area contributed by atoms with Crippen LogP contribution in [0.4, 0.5) is 17.3 Å². The third-order valence-corrected chi connectivity index (χ3v) is 2.60. The molecule has 2 aromatic rings. The quantitative estimate of drug-likeness (QED) is 0.852. The summed E-state index contributed by atoms with van der Waals surface area (Å²) in [6.45, 7) is 0. The van der Waals surface area contributed by atoms with Crippen LogP contribution in [-0.2, 0) is 0 Å². The van der Waals surface area contributed by atoms with Gasteiger partial charge >= 0.3 is 0 Å². The number of aromatic amines is 1. The molecule has 88 valence electrons. The molecular weight excluding hydrogens is 240 g/mol. The molecule has 0 aliphatic carbocycles. The van der Waals surface area contributed by atoms with Gasteiger partial charge in [-0.15, -0.1) is 0 Å². The first kappa shape index (κ1) is 11.5. The van der Waals surface area contributed by atoms with Crippen LogP contribution >= 0.6 is 11.6 Å². The van der Waals surface area contributed by atoms with Gasteiger partial charge in [-0.3, -0.25) is 9.78 Å². The second kappa shape index (κ2) is 4.47. The average molecular weight is 251 g/mol. The van der Waals surface area contributed by atoms with E-state index in [0.717, 1.165) is 5.69 Å². The summed E-state index contributed by atoms with van der Waals surface area (Å²) >= 11 is 5.80. The number of nitrogens with zero attached hydrogens (tertiary/aromatic N) is 2. The Morgan fingerprint density at radius 2 is 2.00 bits per heavy atom. The Bertz CT molecular complexity index is 579. The molecule has 0 spiro atoms. The van der Waals surface area contributed by atoms with Crippen LogP contribution < -0.4 is 16.2 Å². The van der Waals surface area contributed by atoms with E-state index in [-0.39, 0.29) is 11.2 Å². The standard InChI is InChI=1S/C11H11ClN4O/c1-16(8-4-2-7(12)3-5-8)11-14-6-9(13)10(17)15-11/h2-6H,13H2,1H3,(H,14,15,17). The Hall–Kier alpha value is -2.01. The van der Waals surface area contributed by atoms with Crippen LogP contribution in [0.25, 0.3) is 0 Å². The largest absolute Gasteiger partial charge is 0.393 e. The average Bonchev–Trinajstić information content (AvgIpc) is 2.33. The molecule has 0 fully saturated rings. The molecule has 3 N–H and O–H groups in total. The van der Waals surface area contributed by atoms with Crippen molar-refractivity contribution < 1.29 is 0 Å². The smallest absolute Gasteiger partial charge is 0.275 e. The number of nitrogens with one attached hydrogen (secondary N) is 1. The van der Waals surface area contributed by atoms with Gasteiger partial charge in [0.05, 0.1) is 6.20 Å². The third kappa shape index (κ3) is 2.39. The fraction of sp³-hybridized carbons (Fsp3) is 0.0909. The van der Waals surface area contributed by atoms with Crippen LogP contribution in [0.15, 0.2) is 35.3 Å². The number of hydrogen-bond acceptors (Lipinski definition) is 4. The van der Waals surface area contributed by atoms with Crippen LogP contribution in [0.5, 0.6) is 0 Å². The number of hydrogen-bond donors (Lipinski definition) is 2. The maximum Gasteiger partial charge on any atom is 0.275 e. The van der Waals surface area contributed by atoms with E-state index < -0.39 is 0 Å². The zero-order chi connectivity index (χ0) is 12.4. The lowest BCUT2D eigenvalue weighted by Crippen LogP contribution is -2.20. The zero-order valence-corrected chi connectivity index (χ0v) is 9.90. The van der Waals surface area contributed by atoms with E-state index in [9.17, 15) is 4.79 Å². The molecular formula is C11H11ClN4O. The SMILES string of the molecule is CN(c1ccc(Cl)cc1)c1ncc(N)c(=O)[nH]1. The Morgan fingerprint density at radius 1 is 1.35 bits per heavy atom. The van der Waals surface area contributed by atoms with E-state index in [1.807, 2.05) is 12.1 Å². The molecule has 1 aromatic heterocycles. The first-order valence-electron chi connectivity index (χ1n) is 4.92. The molecule has 17 heavy (non-hydrogen) atoms. The van der Waals surface area contributed by atoms with Crippen molar-refractivity contribution in [3.8, 4) is 0 Å². The minimum Gasteiger partial charge on any atom is -0.393 e. The molecule has 1 aromatic carbocycles. The van der Waals surface area contributed by atoms with E-state index in [1.165, 1.54) is 6.20 Å². The highest BCUT2D eigenvalue weighted by Crippen LogP contribution is 2.21. The molecule has 0 aliphatic rings. The number of nitrogens with two attached hydrogens (primary N) is 1. The number of anilines is 3. The van der Waals surface area contributed by atoms with Gasteiger partial charge in [-0.1, -0.05) is 11.6 Å². The topological polar surface area (TPSA) is 75.0 Å². The predicted octanol–water partition coefficient (Wildman–Crippen LogP) is 1.77. The Kier molecular flexibility index (Phi) is 3.01. The summed E-state index contributed by atoms with van der Waals surface area (Å²) in [6.07, 6.45) is 1.33. The fourth-order valence-corrected chi connectivity index (χ4v) is 1.48. The summed E-state index contributed by atoms with van der Waals surface area (Å²) in [5.41, 5.74) is 6.01.